The molecule has 2 heteroatoms. The fourth-order valence-electron chi connectivity index (χ4n) is 0.346. The van der Waals surface area contributed by atoms with Gasteiger partial charge in [-0.1, -0.05) is 12.5 Å². The molecule has 0 fully saturated rings. The third kappa shape index (κ3) is 4.06. The maximum Gasteiger partial charge on any atom is 0.0452 e. The number of hydrogen-bond acceptors (Lipinski definition) is 1. The molecule has 0 aromatic carbocycles. The van der Waals surface area contributed by atoms with Crippen LogP contribution in [0.25, 0.3) is 0 Å². The van der Waals surface area contributed by atoms with E-state index in [1.54, 1.807) is 5.41 Å². The van der Waals surface area contributed by atoms with Gasteiger partial charge in [-0.25, -0.2) is 0 Å². The Bertz CT molecular complexity index is 112. The minimum Gasteiger partial charge on any atom is -0.255 e. The normalized spacial score (nSPS) is 12.9. The Balaban J connectivity index is 3.70. The van der Waals surface area contributed by atoms with E-state index in [1.165, 1.54) is 0 Å². The summed E-state index contributed by atoms with van der Waals surface area (Å²) in [6.45, 7) is 5.82. The summed E-state index contributed by atoms with van der Waals surface area (Å²) in [6, 6.07) is 0. The summed E-state index contributed by atoms with van der Waals surface area (Å²) in [5.74, 6) is 0.727. The molecule has 0 rings (SSSR count). The molecule has 0 aromatic heterocycles. The largest absolute Gasteiger partial charge is 0.255 e. The summed E-state index contributed by atoms with van der Waals surface area (Å²) in [5, 5.41) is 1.78. The molecule has 1 nitrogen and oxygen atoms in total. The van der Waals surface area contributed by atoms with E-state index in [-0.39, 0.29) is 0 Å². The van der Waals surface area contributed by atoms with Crippen LogP contribution in [0.4, 0.5) is 0 Å². The van der Waals surface area contributed by atoms with E-state index < -0.39 is 10.8 Å². The lowest BCUT2D eigenvalue weighted by atomic mass is 10.4. The van der Waals surface area contributed by atoms with Gasteiger partial charge in [-0.3, -0.25) is 4.21 Å². The molecular formula is C6H12OS. The second kappa shape index (κ2) is 3.84. The standard InChI is InChI=1S/C6H12OS/c1-4-8(7)5-6(2)3/h5H,4H2,1-3H3. The number of allylic oxidation sites excluding steroid dienone is 1. The zero-order valence-electron chi connectivity index (χ0n) is 5.60. The number of hydrogen-bond donors (Lipinski definition) is 0. The molecule has 0 saturated heterocycles. The first-order chi connectivity index (χ1) is 3.66. The average Bonchev–Trinajstić information content (AvgIpc) is 1.65. The van der Waals surface area contributed by atoms with Gasteiger partial charge in [-0.05, 0) is 13.8 Å². The molecule has 1 unspecified atom stereocenters. The van der Waals surface area contributed by atoms with Crippen molar-refractivity contribution >= 4 is 10.8 Å². The van der Waals surface area contributed by atoms with E-state index in [0.717, 1.165) is 11.3 Å². The van der Waals surface area contributed by atoms with Crippen molar-refractivity contribution in [2.45, 2.75) is 20.8 Å². The Morgan fingerprint density at radius 3 is 2.25 bits per heavy atom. The summed E-state index contributed by atoms with van der Waals surface area (Å²) >= 11 is 0. The third-order valence-electron chi connectivity index (χ3n) is 0.652. The highest BCUT2D eigenvalue weighted by Crippen LogP contribution is 1.92. The Morgan fingerprint density at radius 2 is 2.12 bits per heavy atom. The minimum absolute atomic E-state index is 0.719. The highest BCUT2D eigenvalue weighted by atomic mass is 32.2. The monoisotopic (exact) mass is 132 g/mol. The van der Waals surface area contributed by atoms with Crippen LogP contribution in [0.15, 0.2) is 11.0 Å². The van der Waals surface area contributed by atoms with E-state index in [9.17, 15) is 4.21 Å². The molecule has 8 heavy (non-hydrogen) atoms. The average molecular weight is 132 g/mol. The Kier molecular flexibility index (Phi) is 3.79. The van der Waals surface area contributed by atoms with Crippen LogP contribution >= 0.6 is 0 Å². The molecule has 0 radical (unpaired) electrons. The van der Waals surface area contributed by atoms with E-state index in [4.69, 9.17) is 0 Å². The summed E-state index contributed by atoms with van der Waals surface area (Å²) in [7, 11) is -0.719. The molecule has 0 amide bonds. The lowest BCUT2D eigenvalue weighted by molar-refractivity contribution is 0.689. The lowest BCUT2D eigenvalue weighted by Gasteiger charge is -1.87. The van der Waals surface area contributed by atoms with Crippen molar-refractivity contribution in [1.29, 1.82) is 0 Å². The van der Waals surface area contributed by atoms with Crippen molar-refractivity contribution in [2.75, 3.05) is 5.75 Å². The summed E-state index contributed by atoms with van der Waals surface area (Å²) in [4.78, 5) is 0. The van der Waals surface area contributed by atoms with Crippen LogP contribution in [0.2, 0.25) is 0 Å². The molecule has 0 aliphatic heterocycles. The first-order valence-corrected chi connectivity index (χ1v) is 4.07. The van der Waals surface area contributed by atoms with Gasteiger partial charge in [-0.2, -0.15) is 0 Å². The van der Waals surface area contributed by atoms with Crippen molar-refractivity contribution < 1.29 is 4.21 Å². The Hall–Kier alpha value is -0.110. The fourth-order valence-corrected chi connectivity index (χ4v) is 1.04. The summed E-state index contributed by atoms with van der Waals surface area (Å²) in [5.41, 5.74) is 1.13. The van der Waals surface area contributed by atoms with Gasteiger partial charge in [0, 0.05) is 22.0 Å². The molecule has 0 aliphatic carbocycles. The second-order valence-corrected chi connectivity index (χ2v) is 3.44. The predicted molar refractivity (Wildman–Crippen MR) is 38.1 cm³/mol. The van der Waals surface area contributed by atoms with Crippen molar-refractivity contribution in [1.82, 2.24) is 0 Å². The lowest BCUT2D eigenvalue weighted by Crippen LogP contribution is -1.86. The summed E-state index contributed by atoms with van der Waals surface area (Å²) < 4.78 is 10.7. The molecule has 1 atom stereocenters. The van der Waals surface area contributed by atoms with Gasteiger partial charge in [0.1, 0.15) is 0 Å². The molecule has 0 aliphatic rings. The van der Waals surface area contributed by atoms with E-state index in [1.807, 2.05) is 20.8 Å². The van der Waals surface area contributed by atoms with Gasteiger partial charge in [0.15, 0.2) is 0 Å². The first kappa shape index (κ1) is 7.89. The highest BCUT2D eigenvalue weighted by Gasteiger charge is 1.85. The topological polar surface area (TPSA) is 17.1 Å². The van der Waals surface area contributed by atoms with Crippen molar-refractivity contribution in [3.05, 3.63) is 11.0 Å². The maximum atomic E-state index is 10.7. The van der Waals surface area contributed by atoms with Crippen LogP contribution in [-0.2, 0) is 10.8 Å². The minimum atomic E-state index is -0.719. The molecule has 0 heterocycles. The second-order valence-electron chi connectivity index (χ2n) is 1.86. The quantitative estimate of drug-likeness (QED) is 0.558. The number of rotatable bonds is 2. The van der Waals surface area contributed by atoms with E-state index in [0.29, 0.717) is 0 Å². The third-order valence-corrected chi connectivity index (χ3v) is 1.95. The van der Waals surface area contributed by atoms with Crippen molar-refractivity contribution in [2.24, 2.45) is 0 Å². The van der Waals surface area contributed by atoms with Crippen LogP contribution < -0.4 is 0 Å². The van der Waals surface area contributed by atoms with Crippen molar-refractivity contribution in [3.8, 4) is 0 Å². The van der Waals surface area contributed by atoms with Gasteiger partial charge in [0.2, 0.25) is 0 Å². The van der Waals surface area contributed by atoms with Gasteiger partial charge < -0.3 is 0 Å². The van der Waals surface area contributed by atoms with Crippen molar-refractivity contribution in [3.63, 3.8) is 0 Å². The molecule has 0 aromatic rings. The molecule has 48 valence electrons. The molecule has 0 N–H and O–H groups in total. The summed E-state index contributed by atoms with van der Waals surface area (Å²) in [6.07, 6.45) is 0. The fraction of sp³-hybridized carbons (Fsp3) is 0.667. The Labute approximate surface area is 53.2 Å². The predicted octanol–water partition coefficient (Wildman–Crippen LogP) is 1.68. The molecule has 0 spiro atoms. The van der Waals surface area contributed by atoms with E-state index >= 15 is 0 Å². The van der Waals surface area contributed by atoms with E-state index in [2.05, 4.69) is 0 Å². The van der Waals surface area contributed by atoms with Crippen LogP contribution in [0.5, 0.6) is 0 Å². The van der Waals surface area contributed by atoms with Gasteiger partial charge in [0.25, 0.3) is 0 Å². The van der Waals surface area contributed by atoms with Gasteiger partial charge >= 0.3 is 0 Å². The van der Waals surface area contributed by atoms with Gasteiger partial charge in [0.05, 0.1) is 0 Å². The van der Waals surface area contributed by atoms with Crippen LogP contribution in [0, 0.1) is 0 Å². The van der Waals surface area contributed by atoms with Crippen LogP contribution in [0.1, 0.15) is 20.8 Å². The Morgan fingerprint density at radius 1 is 1.62 bits per heavy atom. The van der Waals surface area contributed by atoms with Crippen LogP contribution in [0.3, 0.4) is 0 Å². The smallest absolute Gasteiger partial charge is 0.0452 e. The maximum absolute atomic E-state index is 10.7. The highest BCUT2D eigenvalue weighted by molar-refractivity contribution is 7.87. The zero-order valence-corrected chi connectivity index (χ0v) is 6.42. The first-order valence-electron chi connectivity index (χ1n) is 2.69. The van der Waals surface area contributed by atoms with Crippen LogP contribution in [-0.4, -0.2) is 9.96 Å². The molecule has 0 bridgehead atoms. The molecule has 0 saturated carbocycles. The zero-order chi connectivity index (χ0) is 6.57. The van der Waals surface area contributed by atoms with Gasteiger partial charge in [-0.15, -0.1) is 0 Å². The SMILES string of the molecule is CCS(=O)C=C(C)C. The molecular weight excluding hydrogens is 120 g/mol.